The number of carbonyl (C=O) groups is 1. The van der Waals surface area contributed by atoms with Crippen molar-refractivity contribution in [2.24, 2.45) is 0 Å². The number of rotatable bonds is 2. The highest BCUT2D eigenvalue weighted by atomic mass is 16.2. The molecule has 0 radical (unpaired) electrons. The maximum Gasteiger partial charge on any atom is 0.321 e. The smallest absolute Gasteiger partial charge is 0.321 e. The van der Waals surface area contributed by atoms with E-state index in [9.17, 15) is 9.59 Å². The topological polar surface area (TPSA) is 70.1 Å². The van der Waals surface area contributed by atoms with E-state index in [0.29, 0.717) is 0 Å². The van der Waals surface area contributed by atoms with Crippen LogP contribution in [0.25, 0.3) is 5.69 Å². The number of carbonyl (C=O) groups excluding carboxylic acids is 1. The maximum absolute atomic E-state index is 12.2. The van der Waals surface area contributed by atoms with Gasteiger partial charge in [0.15, 0.2) is 0 Å². The molecule has 2 amide bonds. The standard InChI is InChI=1S/C16H20N4O2/c21-15-9-12-20(18-15)14-7-5-13(6-8-14)17-16(22)19-10-3-1-2-4-11-19/h5-9,12H,1-4,10-11H2,(H,17,22)(H,18,21). The number of aromatic amines is 1. The first-order valence-corrected chi connectivity index (χ1v) is 7.66. The van der Waals surface area contributed by atoms with E-state index in [-0.39, 0.29) is 11.6 Å². The SMILES string of the molecule is O=C(Nc1ccc(-n2ccc(=O)[nH]2)cc1)N1CCCCCC1. The van der Waals surface area contributed by atoms with Gasteiger partial charge >= 0.3 is 6.03 Å². The van der Waals surface area contributed by atoms with E-state index in [4.69, 9.17) is 0 Å². The predicted molar refractivity (Wildman–Crippen MR) is 85.4 cm³/mol. The fourth-order valence-electron chi connectivity index (χ4n) is 2.67. The van der Waals surface area contributed by atoms with Crippen molar-refractivity contribution in [3.8, 4) is 5.69 Å². The molecule has 6 nitrogen and oxygen atoms in total. The number of H-pyrrole nitrogens is 1. The first-order valence-electron chi connectivity index (χ1n) is 7.66. The number of amides is 2. The molecule has 0 bridgehead atoms. The van der Waals surface area contributed by atoms with Crippen molar-refractivity contribution in [1.82, 2.24) is 14.7 Å². The number of hydrogen-bond acceptors (Lipinski definition) is 2. The molecule has 0 spiro atoms. The van der Waals surface area contributed by atoms with Gasteiger partial charge in [0, 0.05) is 31.0 Å². The van der Waals surface area contributed by atoms with Gasteiger partial charge in [0.25, 0.3) is 5.56 Å². The number of anilines is 1. The van der Waals surface area contributed by atoms with Crippen LogP contribution in [0.1, 0.15) is 25.7 Å². The van der Waals surface area contributed by atoms with E-state index in [1.807, 2.05) is 29.2 Å². The Balaban J connectivity index is 1.65. The number of aromatic nitrogens is 2. The van der Waals surface area contributed by atoms with E-state index < -0.39 is 0 Å². The van der Waals surface area contributed by atoms with E-state index in [2.05, 4.69) is 10.4 Å². The summed E-state index contributed by atoms with van der Waals surface area (Å²) < 4.78 is 1.64. The van der Waals surface area contributed by atoms with Crippen molar-refractivity contribution < 1.29 is 4.79 Å². The number of hydrogen-bond donors (Lipinski definition) is 2. The van der Waals surface area contributed by atoms with Crippen molar-refractivity contribution >= 4 is 11.7 Å². The molecule has 2 heterocycles. The maximum atomic E-state index is 12.2. The highest BCUT2D eigenvalue weighted by molar-refractivity contribution is 5.89. The van der Waals surface area contributed by atoms with Crippen molar-refractivity contribution in [3.63, 3.8) is 0 Å². The lowest BCUT2D eigenvalue weighted by atomic mass is 10.2. The predicted octanol–water partition coefficient (Wildman–Crippen LogP) is 2.57. The van der Waals surface area contributed by atoms with Crippen LogP contribution in [0, 0.1) is 0 Å². The van der Waals surface area contributed by atoms with E-state index >= 15 is 0 Å². The Morgan fingerprint density at radius 3 is 2.27 bits per heavy atom. The summed E-state index contributed by atoms with van der Waals surface area (Å²) in [5, 5.41) is 5.61. The molecule has 3 rings (SSSR count). The average molecular weight is 300 g/mol. The van der Waals surface area contributed by atoms with Gasteiger partial charge in [-0.25, -0.2) is 4.79 Å². The lowest BCUT2D eigenvalue weighted by molar-refractivity contribution is 0.214. The van der Waals surface area contributed by atoms with Crippen LogP contribution in [0.15, 0.2) is 41.3 Å². The summed E-state index contributed by atoms with van der Waals surface area (Å²) in [5.41, 5.74) is 1.46. The Bertz CT molecular complexity index is 679. The molecule has 6 heteroatoms. The van der Waals surface area contributed by atoms with E-state index in [1.54, 1.807) is 10.9 Å². The minimum atomic E-state index is -0.140. The minimum Gasteiger partial charge on any atom is -0.325 e. The lowest BCUT2D eigenvalue weighted by Crippen LogP contribution is -2.35. The third kappa shape index (κ3) is 3.39. The molecule has 2 aromatic rings. The van der Waals surface area contributed by atoms with E-state index in [0.717, 1.165) is 37.3 Å². The van der Waals surface area contributed by atoms with Crippen LogP contribution >= 0.6 is 0 Å². The molecule has 1 aromatic carbocycles. The third-order valence-corrected chi connectivity index (χ3v) is 3.90. The van der Waals surface area contributed by atoms with Gasteiger partial charge in [-0.15, -0.1) is 0 Å². The number of benzene rings is 1. The molecule has 0 aliphatic carbocycles. The quantitative estimate of drug-likeness (QED) is 0.895. The van der Waals surface area contributed by atoms with Crippen molar-refractivity contribution in [2.45, 2.75) is 25.7 Å². The number of nitrogens with one attached hydrogen (secondary N) is 2. The summed E-state index contributed by atoms with van der Waals surface area (Å²) in [6.07, 6.45) is 6.23. The first kappa shape index (κ1) is 14.4. The molecule has 1 fully saturated rings. The molecular weight excluding hydrogens is 280 g/mol. The van der Waals surface area contributed by atoms with Gasteiger partial charge in [0.1, 0.15) is 0 Å². The summed E-state index contributed by atoms with van der Waals surface area (Å²) in [4.78, 5) is 25.3. The van der Waals surface area contributed by atoms with Gasteiger partial charge in [0.05, 0.1) is 5.69 Å². The van der Waals surface area contributed by atoms with Crippen molar-refractivity contribution in [1.29, 1.82) is 0 Å². The lowest BCUT2D eigenvalue weighted by Gasteiger charge is -2.20. The molecule has 1 saturated heterocycles. The van der Waals surface area contributed by atoms with Crippen LogP contribution < -0.4 is 10.9 Å². The van der Waals surface area contributed by atoms with Crippen LogP contribution in [0.5, 0.6) is 0 Å². The molecule has 1 aromatic heterocycles. The fourth-order valence-corrected chi connectivity index (χ4v) is 2.67. The van der Waals surface area contributed by atoms with Gasteiger partial charge in [-0.2, -0.15) is 0 Å². The van der Waals surface area contributed by atoms with Crippen LogP contribution in [0.2, 0.25) is 0 Å². The second-order valence-corrected chi connectivity index (χ2v) is 5.54. The van der Waals surface area contributed by atoms with Gasteiger partial charge in [-0.05, 0) is 37.1 Å². The molecule has 116 valence electrons. The molecule has 0 saturated carbocycles. The molecule has 0 unspecified atom stereocenters. The highest BCUT2D eigenvalue weighted by Gasteiger charge is 2.15. The fraction of sp³-hybridized carbons (Fsp3) is 0.375. The van der Waals surface area contributed by atoms with Gasteiger partial charge in [-0.3, -0.25) is 14.6 Å². The Morgan fingerprint density at radius 2 is 1.68 bits per heavy atom. The molecule has 22 heavy (non-hydrogen) atoms. The Morgan fingerprint density at radius 1 is 1.00 bits per heavy atom. The van der Waals surface area contributed by atoms with Gasteiger partial charge < -0.3 is 10.2 Å². The van der Waals surface area contributed by atoms with Gasteiger partial charge in [0.2, 0.25) is 0 Å². The first-order chi connectivity index (χ1) is 10.7. The normalized spacial score (nSPS) is 15.4. The summed E-state index contributed by atoms with van der Waals surface area (Å²) in [6, 6.07) is 8.81. The second kappa shape index (κ2) is 6.51. The van der Waals surface area contributed by atoms with Crippen LogP contribution in [-0.4, -0.2) is 33.8 Å². The van der Waals surface area contributed by atoms with Crippen molar-refractivity contribution in [3.05, 3.63) is 46.9 Å². The second-order valence-electron chi connectivity index (χ2n) is 5.54. The largest absolute Gasteiger partial charge is 0.325 e. The van der Waals surface area contributed by atoms with Crippen LogP contribution in [0.4, 0.5) is 10.5 Å². The summed E-state index contributed by atoms with van der Waals surface area (Å²) in [5.74, 6) is 0. The Labute approximate surface area is 128 Å². The molecular formula is C16H20N4O2. The van der Waals surface area contributed by atoms with Crippen LogP contribution in [0.3, 0.4) is 0 Å². The summed E-state index contributed by atoms with van der Waals surface area (Å²) in [6.45, 7) is 1.66. The number of urea groups is 1. The zero-order valence-electron chi connectivity index (χ0n) is 12.4. The highest BCUT2D eigenvalue weighted by Crippen LogP contribution is 2.15. The minimum absolute atomic E-state index is 0.0379. The Hall–Kier alpha value is -2.50. The average Bonchev–Trinajstić information content (AvgIpc) is 2.79. The van der Waals surface area contributed by atoms with Gasteiger partial charge in [-0.1, -0.05) is 12.8 Å². The molecule has 2 N–H and O–H groups in total. The number of nitrogens with zero attached hydrogens (tertiary/aromatic N) is 2. The Kier molecular flexibility index (Phi) is 4.27. The number of likely N-dealkylation sites (tertiary alicyclic amines) is 1. The summed E-state index contributed by atoms with van der Waals surface area (Å²) >= 11 is 0. The zero-order chi connectivity index (χ0) is 15.4. The summed E-state index contributed by atoms with van der Waals surface area (Å²) in [7, 11) is 0. The molecule has 1 aliphatic rings. The van der Waals surface area contributed by atoms with Crippen molar-refractivity contribution in [2.75, 3.05) is 18.4 Å². The molecule has 0 atom stereocenters. The zero-order valence-corrected chi connectivity index (χ0v) is 12.4. The monoisotopic (exact) mass is 300 g/mol. The third-order valence-electron chi connectivity index (χ3n) is 3.90. The molecule has 1 aliphatic heterocycles. The van der Waals surface area contributed by atoms with E-state index in [1.165, 1.54) is 18.9 Å². The van der Waals surface area contributed by atoms with Crippen LogP contribution in [-0.2, 0) is 0 Å².